The molecule has 0 spiro atoms. The minimum atomic E-state index is -0.994. The Morgan fingerprint density at radius 1 is 1.26 bits per heavy atom. The van der Waals surface area contributed by atoms with Gasteiger partial charge in [0.2, 0.25) is 0 Å². The van der Waals surface area contributed by atoms with Crippen LogP contribution in [-0.2, 0) is 9.53 Å². The molecule has 0 aliphatic carbocycles. The summed E-state index contributed by atoms with van der Waals surface area (Å²) < 4.78 is 6.72. The Morgan fingerprint density at radius 2 is 2.00 bits per heavy atom. The van der Waals surface area contributed by atoms with Crippen LogP contribution in [0.1, 0.15) is 12.5 Å². The molecule has 0 aliphatic heterocycles. The van der Waals surface area contributed by atoms with Crippen LogP contribution in [0, 0.1) is 5.21 Å². The second-order valence-electron chi connectivity index (χ2n) is 4.57. The van der Waals surface area contributed by atoms with Crippen molar-refractivity contribution in [3.05, 3.63) is 69.8 Å². The van der Waals surface area contributed by atoms with Gasteiger partial charge in [0.1, 0.15) is 0 Å². The molecular formula is C17H17NO4Se. The van der Waals surface area contributed by atoms with Gasteiger partial charge in [0.15, 0.2) is 0 Å². The van der Waals surface area contributed by atoms with Crippen molar-refractivity contribution in [3.63, 3.8) is 0 Å². The molecule has 1 unspecified atom stereocenters. The average molecular weight is 378 g/mol. The fourth-order valence-corrected chi connectivity index (χ4v) is 3.72. The van der Waals surface area contributed by atoms with Crippen LogP contribution in [0.5, 0.6) is 0 Å². The third-order valence-electron chi connectivity index (χ3n) is 2.88. The van der Waals surface area contributed by atoms with Gasteiger partial charge in [-0.25, -0.2) is 0 Å². The van der Waals surface area contributed by atoms with E-state index in [0.717, 1.165) is 4.46 Å². The van der Waals surface area contributed by atoms with E-state index in [1.807, 2.05) is 30.3 Å². The van der Waals surface area contributed by atoms with E-state index in [1.54, 1.807) is 31.2 Å². The molecule has 0 saturated carbocycles. The zero-order valence-electron chi connectivity index (χ0n) is 12.6. The maximum atomic E-state index is 12.2. The predicted molar refractivity (Wildman–Crippen MR) is 88.7 cm³/mol. The number of carbonyl (C=O) groups is 1. The Hall–Kier alpha value is -1.95. The molecule has 0 heterocycles. The normalized spacial score (nSPS) is 12.7. The van der Waals surface area contributed by atoms with Gasteiger partial charge in [-0.15, -0.1) is 0 Å². The number of benzene rings is 2. The van der Waals surface area contributed by atoms with Crippen LogP contribution in [0.15, 0.2) is 59.1 Å². The van der Waals surface area contributed by atoms with Crippen LogP contribution in [0.2, 0.25) is 0 Å². The van der Waals surface area contributed by atoms with Crippen molar-refractivity contribution in [2.45, 2.75) is 6.92 Å². The van der Waals surface area contributed by atoms with Gasteiger partial charge in [0.05, 0.1) is 0 Å². The van der Waals surface area contributed by atoms with Crippen molar-refractivity contribution < 1.29 is 20.0 Å². The number of carbonyl (C=O) groups excluding carboxylic acids is 1. The minimum absolute atomic E-state index is 0.189. The van der Waals surface area contributed by atoms with Crippen LogP contribution in [0.3, 0.4) is 0 Å². The summed E-state index contributed by atoms with van der Waals surface area (Å²) in [6, 6.07) is 16.2. The van der Waals surface area contributed by atoms with E-state index in [4.69, 9.17) is 9.94 Å². The molecule has 5 nitrogen and oxygen atoms in total. The summed E-state index contributed by atoms with van der Waals surface area (Å²) in [5.41, 5.74) is 0.861. The van der Waals surface area contributed by atoms with E-state index in [1.165, 1.54) is 6.07 Å². The van der Waals surface area contributed by atoms with Gasteiger partial charge >= 0.3 is 140 Å². The number of hydrogen-bond acceptors (Lipinski definition) is 4. The zero-order valence-corrected chi connectivity index (χ0v) is 14.3. The van der Waals surface area contributed by atoms with E-state index < -0.39 is 5.23 Å². The summed E-state index contributed by atoms with van der Waals surface area (Å²) in [5.74, 6) is -0.364. The van der Waals surface area contributed by atoms with E-state index in [0.29, 0.717) is 16.6 Å². The molecule has 23 heavy (non-hydrogen) atoms. The standard InChI is InChI=1S/C17H17NO4Se/c1-2-22-17(19)16(23-15-9-4-3-5-10-15)12-13-7-6-8-14(11-13)18(20)21/h3-12,18,20H,2H2,1H3/b16-12-. The molecule has 120 valence electrons. The quantitative estimate of drug-likeness (QED) is 0.341. The van der Waals surface area contributed by atoms with Crippen LogP contribution < -0.4 is 9.69 Å². The number of esters is 1. The topological polar surface area (TPSA) is 74.0 Å². The summed E-state index contributed by atoms with van der Waals surface area (Å²) in [4.78, 5) is 12.2. The van der Waals surface area contributed by atoms with Crippen molar-refractivity contribution >= 4 is 37.2 Å². The molecule has 0 amide bonds. The number of hydrogen-bond donors (Lipinski definition) is 2. The Balaban J connectivity index is 2.32. The molecule has 2 aromatic carbocycles. The van der Waals surface area contributed by atoms with Gasteiger partial charge in [-0.05, 0) is 0 Å². The number of ether oxygens (including phenoxy) is 1. The summed E-state index contributed by atoms with van der Waals surface area (Å²) >= 11 is -0.216. The molecule has 2 rings (SSSR count). The molecule has 0 radical (unpaired) electrons. The molecule has 0 bridgehead atoms. The Kier molecular flexibility index (Phi) is 6.52. The fraction of sp³-hybridized carbons (Fsp3) is 0.118. The van der Waals surface area contributed by atoms with Crippen LogP contribution >= 0.6 is 0 Å². The average Bonchev–Trinajstić information content (AvgIpc) is 2.55. The fourth-order valence-electron chi connectivity index (χ4n) is 1.86. The van der Waals surface area contributed by atoms with Gasteiger partial charge < -0.3 is 0 Å². The van der Waals surface area contributed by atoms with Crippen molar-refractivity contribution in [2.75, 3.05) is 6.61 Å². The third kappa shape index (κ3) is 5.32. The summed E-state index contributed by atoms with van der Waals surface area (Å²) in [7, 11) is 0. The molecular weight excluding hydrogens is 361 g/mol. The van der Waals surface area contributed by atoms with Crippen LogP contribution in [0.25, 0.3) is 6.08 Å². The van der Waals surface area contributed by atoms with Crippen molar-refractivity contribution in [3.8, 4) is 0 Å². The number of quaternary nitrogens is 1. The first-order chi connectivity index (χ1) is 11.1. The van der Waals surface area contributed by atoms with E-state index in [-0.39, 0.29) is 26.6 Å². The monoisotopic (exact) mass is 379 g/mol. The van der Waals surface area contributed by atoms with Crippen molar-refractivity contribution in [1.29, 1.82) is 0 Å². The Morgan fingerprint density at radius 3 is 2.65 bits per heavy atom. The first-order valence-corrected chi connectivity index (χ1v) is 8.76. The first kappa shape index (κ1) is 17.4. The predicted octanol–water partition coefficient (Wildman–Crippen LogP) is 1.02. The van der Waals surface area contributed by atoms with E-state index >= 15 is 0 Å². The van der Waals surface area contributed by atoms with E-state index in [9.17, 15) is 10.0 Å². The van der Waals surface area contributed by atoms with Gasteiger partial charge in [-0.1, -0.05) is 0 Å². The van der Waals surface area contributed by atoms with Crippen molar-refractivity contribution in [1.82, 2.24) is 0 Å². The first-order valence-electron chi connectivity index (χ1n) is 7.05. The molecule has 0 fully saturated rings. The van der Waals surface area contributed by atoms with Gasteiger partial charge in [-0.3, -0.25) is 0 Å². The second-order valence-corrected chi connectivity index (χ2v) is 6.91. The van der Waals surface area contributed by atoms with Crippen LogP contribution in [0.4, 0.5) is 5.69 Å². The summed E-state index contributed by atoms with van der Waals surface area (Å²) in [6.45, 7) is 2.06. The Labute approximate surface area is 140 Å². The van der Waals surface area contributed by atoms with Crippen molar-refractivity contribution in [2.24, 2.45) is 0 Å². The Bertz CT molecular complexity index is 686. The van der Waals surface area contributed by atoms with E-state index in [2.05, 4.69) is 0 Å². The molecule has 0 aliphatic rings. The number of rotatable bonds is 6. The molecule has 2 aromatic rings. The zero-order chi connectivity index (χ0) is 16.7. The second kappa shape index (κ2) is 8.62. The van der Waals surface area contributed by atoms with Crippen LogP contribution in [-0.4, -0.2) is 32.7 Å². The molecule has 2 N–H and O–H groups in total. The third-order valence-corrected chi connectivity index (χ3v) is 5.00. The van der Waals surface area contributed by atoms with Gasteiger partial charge in [-0.2, -0.15) is 0 Å². The van der Waals surface area contributed by atoms with Gasteiger partial charge in [0.25, 0.3) is 0 Å². The maximum absolute atomic E-state index is 12.2. The molecule has 0 aromatic heterocycles. The summed E-state index contributed by atoms with van der Waals surface area (Å²) in [6.07, 6.45) is 1.71. The number of nitrogens with one attached hydrogen (secondary N) is 1. The molecule has 1 atom stereocenters. The van der Waals surface area contributed by atoms with Gasteiger partial charge in [0, 0.05) is 0 Å². The molecule has 6 heteroatoms. The molecule has 0 saturated heterocycles. The SMILES string of the molecule is CCOC(=O)/C(=C/c1cccc([NH+]([O-])O)c1)[Se]c1ccccc1. The summed E-state index contributed by atoms with van der Waals surface area (Å²) in [5, 5.41) is 19.1.